The van der Waals surface area contributed by atoms with E-state index in [2.05, 4.69) is 10.3 Å². The summed E-state index contributed by atoms with van der Waals surface area (Å²) in [6.45, 7) is 0. The van der Waals surface area contributed by atoms with E-state index in [4.69, 9.17) is 16.0 Å². The highest BCUT2D eigenvalue weighted by atomic mass is 35.5. The molecule has 8 heteroatoms. The van der Waals surface area contributed by atoms with Crippen molar-refractivity contribution in [2.24, 2.45) is 0 Å². The number of aromatic nitrogens is 1. The van der Waals surface area contributed by atoms with Crippen LogP contribution in [0.5, 0.6) is 0 Å². The molecule has 0 aliphatic rings. The fraction of sp³-hybridized carbons (Fsp3) is 0.190. The minimum absolute atomic E-state index is 0.0503. The third-order valence-electron chi connectivity index (χ3n) is 3.96. The fourth-order valence-corrected chi connectivity index (χ4v) is 3.20. The van der Waals surface area contributed by atoms with Crippen molar-refractivity contribution < 1.29 is 14.0 Å². The molecule has 0 fully saturated rings. The van der Waals surface area contributed by atoms with Crippen molar-refractivity contribution in [3.63, 3.8) is 0 Å². The van der Waals surface area contributed by atoms with Crippen LogP contribution in [0.1, 0.15) is 12.3 Å². The van der Waals surface area contributed by atoms with E-state index in [0.29, 0.717) is 28.8 Å². The van der Waals surface area contributed by atoms with Crippen LogP contribution >= 0.6 is 23.4 Å². The first-order valence-electron chi connectivity index (χ1n) is 8.90. The first-order valence-corrected chi connectivity index (χ1v) is 10.1. The number of amides is 2. The van der Waals surface area contributed by atoms with Crippen molar-refractivity contribution in [2.45, 2.75) is 17.7 Å². The van der Waals surface area contributed by atoms with Crippen molar-refractivity contribution in [1.82, 2.24) is 9.88 Å². The Morgan fingerprint density at radius 3 is 2.45 bits per heavy atom. The molecule has 0 atom stereocenters. The number of nitrogens with one attached hydrogen (secondary N) is 1. The van der Waals surface area contributed by atoms with Gasteiger partial charge in [-0.25, -0.2) is 4.98 Å². The highest BCUT2D eigenvalue weighted by Crippen LogP contribution is 2.24. The van der Waals surface area contributed by atoms with Crippen molar-refractivity contribution in [3.05, 3.63) is 65.6 Å². The zero-order valence-electron chi connectivity index (χ0n) is 16.0. The largest absolute Gasteiger partial charge is 0.441 e. The lowest BCUT2D eigenvalue weighted by atomic mass is 10.2. The van der Waals surface area contributed by atoms with Crippen LogP contribution in [-0.2, 0) is 11.2 Å². The molecule has 2 aromatic carbocycles. The van der Waals surface area contributed by atoms with E-state index in [1.165, 1.54) is 4.90 Å². The Morgan fingerprint density at radius 2 is 1.79 bits per heavy atom. The molecule has 0 aliphatic heterocycles. The van der Waals surface area contributed by atoms with Gasteiger partial charge in [-0.1, -0.05) is 11.6 Å². The molecule has 0 saturated heterocycles. The van der Waals surface area contributed by atoms with Crippen LogP contribution < -0.4 is 5.32 Å². The van der Waals surface area contributed by atoms with Gasteiger partial charge in [0.05, 0.1) is 6.20 Å². The predicted octanol–water partition coefficient (Wildman–Crippen LogP) is 5.34. The van der Waals surface area contributed by atoms with Crippen LogP contribution in [0.15, 0.2) is 64.0 Å². The molecule has 0 unspecified atom stereocenters. The lowest BCUT2D eigenvalue weighted by Gasteiger charge is -2.09. The number of aryl methyl sites for hydroxylation is 1. The lowest BCUT2D eigenvalue weighted by molar-refractivity contribution is -0.116. The summed E-state index contributed by atoms with van der Waals surface area (Å²) in [5, 5.41) is 3.44. The molecule has 3 rings (SSSR count). The van der Waals surface area contributed by atoms with Gasteiger partial charge < -0.3 is 14.6 Å². The molecule has 1 heterocycles. The number of carbonyl (C=O) groups is 2. The molecule has 150 valence electrons. The van der Waals surface area contributed by atoms with Crippen LogP contribution in [0, 0.1) is 0 Å². The maximum Gasteiger partial charge on any atom is 0.285 e. The Bertz CT molecular complexity index is 985. The normalized spacial score (nSPS) is 10.6. The maximum atomic E-state index is 12.2. The molecule has 1 aromatic heterocycles. The van der Waals surface area contributed by atoms with E-state index in [1.54, 1.807) is 56.7 Å². The van der Waals surface area contributed by atoms with E-state index < -0.39 is 0 Å². The monoisotopic (exact) mass is 429 g/mol. The molecular formula is C21H20ClN3O3S. The maximum absolute atomic E-state index is 12.2. The zero-order chi connectivity index (χ0) is 20.8. The number of nitrogens with zero attached hydrogens (tertiary/aromatic N) is 2. The molecule has 0 bridgehead atoms. The Kier molecular flexibility index (Phi) is 6.95. The van der Waals surface area contributed by atoms with E-state index in [0.717, 1.165) is 22.2 Å². The number of halogens is 1. The van der Waals surface area contributed by atoms with E-state index in [1.807, 2.05) is 12.1 Å². The Labute approximate surface area is 178 Å². The highest BCUT2D eigenvalue weighted by molar-refractivity contribution is 8.13. The Morgan fingerprint density at radius 1 is 1.10 bits per heavy atom. The molecule has 0 saturated carbocycles. The third-order valence-corrected chi connectivity index (χ3v) is 5.26. The van der Waals surface area contributed by atoms with Gasteiger partial charge in [-0.3, -0.25) is 9.59 Å². The first kappa shape index (κ1) is 21.0. The van der Waals surface area contributed by atoms with Crippen LogP contribution in [0.2, 0.25) is 5.02 Å². The number of carbonyl (C=O) groups excluding carboxylic acids is 2. The predicted molar refractivity (Wildman–Crippen MR) is 115 cm³/mol. The average Bonchev–Trinajstić information content (AvgIpc) is 3.17. The quantitative estimate of drug-likeness (QED) is 0.535. The van der Waals surface area contributed by atoms with E-state index in [-0.39, 0.29) is 17.6 Å². The second kappa shape index (κ2) is 9.62. The topological polar surface area (TPSA) is 75.4 Å². The van der Waals surface area contributed by atoms with Gasteiger partial charge in [0.2, 0.25) is 5.91 Å². The van der Waals surface area contributed by atoms with Gasteiger partial charge in [0.25, 0.3) is 5.24 Å². The third kappa shape index (κ3) is 6.10. The van der Waals surface area contributed by atoms with Gasteiger partial charge in [0.1, 0.15) is 0 Å². The standard InChI is InChI=1S/C21H20ClN3O3S/c1-25(2)21(27)29-17-9-7-16(8-10-17)24-19(26)11-12-20-23-13-18(28-20)14-3-5-15(22)6-4-14/h3-10,13H,11-12H2,1-2H3,(H,24,26). The summed E-state index contributed by atoms with van der Waals surface area (Å²) in [6, 6.07) is 14.4. The summed E-state index contributed by atoms with van der Waals surface area (Å²) in [7, 11) is 3.41. The van der Waals surface area contributed by atoms with Gasteiger partial charge >= 0.3 is 0 Å². The second-order valence-corrected chi connectivity index (χ2v) is 7.92. The molecule has 1 N–H and O–H groups in total. The number of oxazole rings is 1. The summed E-state index contributed by atoms with van der Waals surface area (Å²) in [4.78, 5) is 30.5. The summed E-state index contributed by atoms with van der Waals surface area (Å²) < 4.78 is 5.71. The highest BCUT2D eigenvalue weighted by Gasteiger charge is 2.10. The SMILES string of the molecule is CN(C)C(=O)Sc1ccc(NC(=O)CCc2ncc(-c3ccc(Cl)cc3)o2)cc1. The van der Waals surface area contributed by atoms with Crippen molar-refractivity contribution in [1.29, 1.82) is 0 Å². The fourth-order valence-electron chi connectivity index (χ4n) is 2.42. The van der Waals surface area contributed by atoms with Crippen LogP contribution in [-0.4, -0.2) is 35.1 Å². The van der Waals surface area contributed by atoms with Crippen LogP contribution in [0.25, 0.3) is 11.3 Å². The second-order valence-electron chi connectivity index (χ2n) is 6.46. The molecule has 2 amide bonds. The van der Waals surface area contributed by atoms with Gasteiger partial charge in [-0.2, -0.15) is 0 Å². The summed E-state index contributed by atoms with van der Waals surface area (Å²) >= 11 is 7.02. The van der Waals surface area contributed by atoms with Crippen LogP contribution in [0.4, 0.5) is 10.5 Å². The molecular weight excluding hydrogens is 410 g/mol. The summed E-state index contributed by atoms with van der Waals surface area (Å²) in [5.74, 6) is 0.998. The summed E-state index contributed by atoms with van der Waals surface area (Å²) in [6.07, 6.45) is 2.28. The molecule has 0 spiro atoms. The smallest absolute Gasteiger partial charge is 0.285 e. The van der Waals surface area contributed by atoms with Crippen LogP contribution in [0.3, 0.4) is 0 Å². The van der Waals surface area contributed by atoms with Crippen molar-refractivity contribution in [3.8, 4) is 11.3 Å². The Hall–Kier alpha value is -2.77. The molecule has 0 aliphatic carbocycles. The number of hydrogen-bond donors (Lipinski definition) is 1. The van der Waals surface area contributed by atoms with Crippen molar-refractivity contribution in [2.75, 3.05) is 19.4 Å². The van der Waals surface area contributed by atoms with Gasteiger partial charge in [-0.05, 0) is 60.3 Å². The van der Waals surface area contributed by atoms with Gasteiger partial charge in [-0.15, -0.1) is 0 Å². The van der Waals surface area contributed by atoms with Gasteiger partial charge in [0, 0.05) is 48.1 Å². The zero-order valence-corrected chi connectivity index (χ0v) is 17.6. The lowest BCUT2D eigenvalue weighted by Crippen LogP contribution is -2.16. The molecule has 0 radical (unpaired) electrons. The Balaban J connectivity index is 1.50. The molecule has 29 heavy (non-hydrogen) atoms. The summed E-state index contributed by atoms with van der Waals surface area (Å²) in [5.41, 5.74) is 1.55. The minimum Gasteiger partial charge on any atom is -0.441 e. The molecule has 3 aromatic rings. The minimum atomic E-state index is -0.138. The number of benzene rings is 2. The van der Waals surface area contributed by atoms with E-state index >= 15 is 0 Å². The first-order chi connectivity index (χ1) is 13.9. The number of rotatable bonds is 6. The number of thioether (sulfide) groups is 1. The van der Waals surface area contributed by atoms with E-state index in [9.17, 15) is 9.59 Å². The van der Waals surface area contributed by atoms with Crippen molar-refractivity contribution >= 4 is 40.2 Å². The number of anilines is 1. The van der Waals surface area contributed by atoms with Gasteiger partial charge in [0.15, 0.2) is 11.7 Å². The average molecular weight is 430 g/mol. The molecule has 6 nitrogen and oxygen atoms in total. The number of hydrogen-bond acceptors (Lipinski definition) is 5.